The van der Waals surface area contributed by atoms with Gasteiger partial charge in [0.05, 0.1) is 7.11 Å². The van der Waals surface area contributed by atoms with Gasteiger partial charge in [-0.05, 0) is 35.7 Å². The second kappa shape index (κ2) is 8.96. The van der Waals surface area contributed by atoms with Crippen LogP contribution in [0.2, 0.25) is 0 Å². The normalized spacial score (nSPS) is 14.9. The van der Waals surface area contributed by atoms with Crippen LogP contribution in [-0.4, -0.2) is 67.2 Å². The van der Waals surface area contributed by atoms with Gasteiger partial charge in [0, 0.05) is 32.4 Å². The molecule has 4 rings (SSSR count). The highest BCUT2D eigenvalue weighted by Gasteiger charge is 2.33. The molecule has 0 aromatic carbocycles. The quantitative estimate of drug-likeness (QED) is 0.551. The Morgan fingerprint density at radius 1 is 1.06 bits per heavy atom. The van der Waals surface area contributed by atoms with Gasteiger partial charge in [-0.2, -0.15) is 4.31 Å². The topological polar surface area (TPSA) is 118 Å². The van der Waals surface area contributed by atoms with Crippen LogP contribution >= 0.6 is 11.3 Å². The number of sulfonamides is 1. The van der Waals surface area contributed by atoms with Crippen LogP contribution in [0.1, 0.15) is 9.67 Å². The fourth-order valence-electron chi connectivity index (χ4n) is 3.17. The Morgan fingerprint density at radius 2 is 1.87 bits per heavy atom. The van der Waals surface area contributed by atoms with E-state index < -0.39 is 16.0 Å². The average Bonchev–Trinajstić information content (AvgIpc) is 3.31. The lowest BCUT2D eigenvalue weighted by atomic mass is 10.3. The molecule has 0 atom stereocenters. The SMILES string of the molecule is COC(=O)c1sccc1S(=O)(=O)N1CCN(c2ccc(Nc3ccccn3)nn2)CC1. The van der Waals surface area contributed by atoms with Crippen molar-refractivity contribution < 1.29 is 17.9 Å². The van der Waals surface area contributed by atoms with Crippen molar-refractivity contribution in [3.8, 4) is 0 Å². The minimum Gasteiger partial charge on any atom is -0.465 e. The number of carbonyl (C=O) groups is 1. The molecule has 1 saturated heterocycles. The number of ether oxygens (including phenoxy) is 1. The third-order valence-corrected chi connectivity index (χ3v) is 7.72. The van der Waals surface area contributed by atoms with Crippen molar-refractivity contribution in [3.05, 3.63) is 52.9 Å². The number of nitrogens with zero attached hydrogens (tertiary/aromatic N) is 5. The summed E-state index contributed by atoms with van der Waals surface area (Å²) in [6.45, 7) is 1.46. The van der Waals surface area contributed by atoms with Gasteiger partial charge in [-0.15, -0.1) is 21.5 Å². The maximum Gasteiger partial charge on any atom is 0.349 e. The molecule has 31 heavy (non-hydrogen) atoms. The van der Waals surface area contributed by atoms with Gasteiger partial charge in [0.25, 0.3) is 0 Å². The molecule has 10 nitrogen and oxygen atoms in total. The van der Waals surface area contributed by atoms with Gasteiger partial charge in [-0.3, -0.25) is 0 Å². The maximum absolute atomic E-state index is 13.0. The number of thiophene rings is 1. The molecule has 0 spiro atoms. The summed E-state index contributed by atoms with van der Waals surface area (Å²) in [6, 6.07) is 10.6. The van der Waals surface area contributed by atoms with Gasteiger partial charge in [0.15, 0.2) is 11.6 Å². The molecule has 1 N–H and O–H groups in total. The average molecular weight is 461 g/mol. The Kier molecular flexibility index (Phi) is 6.11. The first kappa shape index (κ1) is 21.2. The summed E-state index contributed by atoms with van der Waals surface area (Å²) in [5.74, 6) is 1.25. The van der Waals surface area contributed by atoms with E-state index in [4.69, 9.17) is 4.74 Å². The van der Waals surface area contributed by atoms with Crippen LogP contribution in [0.4, 0.5) is 17.5 Å². The summed E-state index contributed by atoms with van der Waals surface area (Å²) in [7, 11) is -2.56. The Balaban J connectivity index is 1.40. The van der Waals surface area contributed by atoms with E-state index in [2.05, 4.69) is 20.5 Å². The summed E-state index contributed by atoms with van der Waals surface area (Å²) in [6.07, 6.45) is 1.68. The van der Waals surface area contributed by atoms with Gasteiger partial charge in [-0.1, -0.05) is 6.07 Å². The third-order valence-electron chi connectivity index (χ3n) is 4.75. The fourth-order valence-corrected chi connectivity index (χ4v) is 5.90. The lowest BCUT2D eigenvalue weighted by Crippen LogP contribution is -2.49. The number of hydrogen-bond donors (Lipinski definition) is 1. The first-order valence-corrected chi connectivity index (χ1v) is 11.7. The maximum atomic E-state index is 13.0. The van der Waals surface area contributed by atoms with Crippen molar-refractivity contribution >= 4 is 44.8 Å². The number of carbonyl (C=O) groups excluding carboxylic acids is 1. The van der Waals surface area contributed by atoms with Gasteiger partial charge in [0.1, 0.15) is 15.6 Å². The lowest BCUT2D eigenvalue weighted by Gasteiger charge is -2.34. The van der Waals surface area contributed by atoms with Crippen LogP contribution in [0.3, 0.4) is 0 Å². The largest absolute Gasteiger partial charge is 0.465 e. The minimum absolute atomic E-state index is 0.0115. The van der Waals surface area contributed by atoms with Crippen molar-refractivity contribution in [2.24, 2.45) is 0 Å². The van der Waals surface area contributed by atoms with E-state index in [-0.39, 0.29) is 22.9 Å². The molecule has 4 heterocycles. The Bertz CT molecular complexity index is 1140. The molecule has 0 aliphatic carbocycles. The summed E-state index contributed by atoms with van der Waals surface area (Å²) in [5.41, 5.74) is 0. The fraction of sp³-hybridized carbons (Fsp3) is 0.263. The summed E-state index contributed by atoms with van der Waals surface area (Å²) >= 11 is 1.05. The number of anilines is 3. The predicted molar refractivity (Wildman–Crippen MR) is 116 cm³/mol. The summed E-state index contributed by atoms with van der Waals surface area (Å²) in [4.78, 5) is 18.1. The second-order valence-electron chi connectivity index (χ2n) is 6.61. The molecule has 3 aromatic heterocycles. The van der Waals surface area contributed by atoms with E-state index in [0.29, 0.717) is 30.5 Å². The molecule has 0 amide bonds. The van der Waals surface area contributed by atoms with Crippen molar-refractivity contribution in [2.75, 3.05) is 43.5 Å². The molecule has 1 aliphatic heterocycles. The van der Waals surface area contributed by atoms with Crippen LogP contribution in [0.25, 0.3) is 0 Å². The standard InChI is InChI=1S/C19H20N6O4S2/c1-29-19(26)18-14(7-13-30-18)31(27,28)25-11-9-24(10-12-25)17-6-5-16(22-23-17)21-15-4-2-3-8-20-15/h2-8,13H,9-12H2,1H3,(H,20,21,22). The van der Waals surface area contributed by atoms with Gasteiger partial charge < -0.3 is 15.0 Å². The van der Waals surface area contributed by atoms with Gasteiger partial charge in [0.2, 0.25) is 10.0 Å². The summed E-state index contributed by atoms with van der Waals surface area (Å²) < 4.78 is 32.1. The minimum atomic E-state index is -3.79. The van der Waals surface area contributed by atoms with E-state index in [9.17, 15) is 13.2 Å². The number of methoxy groups -OCH3 is 1. The van der Waals surface area contributed by atoms with Gasteiger partial charge >= 0.3 is 5.97 Å². The molecular weight excluding hydrogens is 440 g/mol. The van der Waals surface area contributed by atoms with Crippen molar-refractivity contribution in [2.45, 2.75) is 4.90 Å². The van der Waals surface area contributed by atoms with E-state index in [1.165, 1.54) is 17.5 Å². The Hall–Kier alpha value is -3.09. The molecular formula is C19H20N6O4S2. The zero-order valence-corrected chi connectivity index (χ0v) is 18.3. The number of hydrogen-bond acceptors (Lipinski definition) is 10. The monoisotopic (exact) mass is 460 g/mol. The molecule has 12 heteroatoms. The summed E-state index contributed by atoms with van der Waals surface area (Å²) in [5, 5.41) is 13.1. The lowest BCUT2D eigenvalue weighted by molar-refractivity contribution is 0.0602. The Labute approximate surface area is 183 Å². The number of rotatable bonds is 6. The highest BCUT2D eigenvalue weighted by molar-refractivity contribution is 7.89. The molecule has 0 bridgehead atoms. The molecule has 1 aliphatic rings. The predicted octanol–water partition coefficient (Wildman–Crippen LogP) is 1.97. The van der Waals surface area contributed by atoms with E-state index in [1.54, 1.807) is 17.6 Å². The van der Waals surface area contributed by atoms with Gasteiger partial charge in [-0.25, -0.2) is 18.2 Å². The van der Waals surface area contributed by atoms with E-state index in [1.807, 2.05) is 29.2 Å². The smallest absolute Gasteiger partial charge is 0.349 e. The second-order valence-corrected chi connectivity index (χ2v) is 9.44. The first-order chi connectivity index (χ1) is 15.0. The van der Waals surface area contributed by atoms with Crippen LogP contribution in [-0.2, 0) is 14.8 Å². The first-order valence-electron chi connectivity index (χ1n) is 9.42. The molecule has 162 valence electrons. The molecule has 0 saturated carbocycles. The number of pyridine rings is 1. The van der Waals surface area contributed by atoms with E-state index >= 15 is 0 Å². The zero-order valence-electron chi connectivity index (χ0n) is 16.6. The van der Waals surface area contributed by atoms with Crippen molar-refractivity contribution in [1.82, 2.24) is 19.5 Å². The number of nitrogens with one attached hydrogen (secondary N) is 1. The van der Waals surface area contributed by atoms with Crippen LogP contribution < -0.4 is 10.2 Å². The highest BCUT2D eigenvalue weighted by atomic mass is 32.2. The van der Waals surface area contributed by atoms with Crippen LogP contribution in [0, 0.1) is 0 Å². The molecule has 0 radical (unpaired) electrons. The molecule has 3 aromatic rings. The van der Waals surface area contributed by atoms with Crippen LogP contribution in [0.15, 0.2) is 52.9 Å². The number of aromatic nitrogens is 3. The molecule has 0 unspecified atom stereocenters. The molecule has 1 fully saturated rings. The van der Waals surface area contributed by atoms with Crippen molar-refractivity contribution in [3.63, 3.8) is 0 Å². The van der Waals surface area contributed by atoms with Crippen LogP contribution in [0.5, 0.6) is 0 Å². The Morgan fingerprint density at radius 3 is 2.52 bits per heavy atom. The third kappa shape index (κ3) is 4.50. The van der Waals surface area contributed by atoms with E-state index in [0.717, 1.165) is 11.3 Å². The highest BCUT2D eigenvalue weighted by Crippen LogP contribution is 2.27. The van der Waals surface area contributed by atoms with Crippen molar-refractivity contribution in [1.29, 1.82) is 0 Å². The number of esters is 1. The zero-order chi connectivity index (χ0) is 21.8. The number of piperazine rings is 1.